The molecule has 0 saturated carbocycles. The lowest BCUT2D eigenvalue weighted by molar-refractivity contribution is -0.149. The summed E-state index contributed by atoms with van der Waals surface area (Å²) in [4.78, 5) is 36.4. The van der Waals surface area contributed by atoms with Crippen LogP contribution in [-0.2, 0) is 19.1 Å². The lowest BCUT2D eigenvalue weighted by Gasteiger charge is -2.08. The van der Waals surface area contributed by atoms with Gasteiger partial charge in [0.2, 0.25) is 0 Å². The number of esters is 2. The number of carbonyl (C=O) groups is 3. The molecule has 7 nitrogen and oxygen atoms in total. The first-order valence-electron chi connectivity index (χ1n) is 7.74. The van der Waals surface area contributed by atoms with Crippen molar-refractivity contribution in [3.05, 3.63) is 46.3 Å². The third-order valence-corrected chi connectivity index (χ3v) is 4.61. The van der Waals surface area contributed by atoms with Crippen LogP contribution in [-0.4, -0.2) is 38.2 Å². The molecule has 0 aliphatic rings. The summed E-state index contributed by atoms with van der Waals surface area (Å²) in [5.41, 5.74) is 1.05. The van der Waals surface area contributed by atoms with Gasteiger partial charge in [-0.3, -0.25) is 4.79 Å². The van der Waals surface area contributed by atoms with Gasteiger partial charge >= 0.3 is 11.9 Å². The average molecular weight is 377 g/mol. The lowest BCUT2D eigenvalue weighted by Crippen LogP contribution is -2.24. The number of benzene rings is 1. The molecule has 0 aliphatic heterocycles. The third-order valence-electron chi connectivity index (χ3n) is 3.49. The van der Waals surface area contributed by atoms with E-state index in [-0.39, 0.29) is 6.61 Å². The van der Waals surface area contributed by atoms with Crippen LogP contribution in [0.3, 0.4) is 0 Å². The number of hydrogen-bond acceptors (Lipinski definition) is 7. The van der Waals surface area contributed by atoms with Crippen LogP contribution in [0.25, 0.3) is 0 Å². The van der Waals surface area contributed by atoms with Gasteiger partial charge in [-0.25, -0.2) is 9.59 Å². The second-order valence-electron chi connectivity index (χ2n) is 5.29. The number of nitrogens with one attached hydrogen (secondary N) is 1. The molecule has 1 aromatic carbocycles. The normalized spacial score (nSPS) is 10.1. The third kappa shape index (κ3) is 5.06. The molecule has 0 radical (unpaired) electrons. The number of methoxy groups -OCH3 is 1. The maximum Gasteiger partial charge on any atom is 0.344 e. The van der Waals surface area contributed by atoms with Crippen molar-refractivity contribution in [2.24, 2.45) is 0 Å². The number of thiophene rings is 1. The van der Waals surface area contributed by atoms with Crippen LogP contribution in [0.15, 0.2) is 30.3 Å². The molecule has 0 spiro atoms. The monoisotopic (exact) mass is 377 g/mol. The molecule has 2 aromatic rings. The molecule has 1 aromatic heterocycles. The fourth-order valence-electron chi connectivity index (χ4n) is 2.07. The van der Waals surface area contributed by atoms with E-state index in [0.717, 1.165) is 10.4 Å². The van der Waals surface area contributed by atoms with Gasteiger partial charge in [-0.05, 0) is 31.5 Å². The van der Waals surface area contributed by atoms with Crippen LogP contribution in [0.4, 0.5) is 5.00 Å². The van der Waals surface area contributed by atoms with Gasteiger partial charge in [-0.15, -0.1) is 11.3 Å². The van der Waals surface area contributed by atoms with E-state index in [1.54, 1.807) is 31.2 Å². The number of amides is 1. The Hall–Kier alpha value is -2.87. The molecular formula is C18H19NO6S. The minimum absolute atomic E-state index is 0.304. The van der Waals surface area contributed by atoms with Gasteiger partial charge in [0.25, 0.3) is 5.91 Å². The highest BCUT2D eigenvalue weighted by Gasteiger charge is 2.22. The summed E-state index contributed by atoms with van der Waals surface area (Å²) in [6, 6.07) is 8.79. The van der Waals surface area contributed by atoms with Crippen LogP contribution in [0, 0.1) is 13.8 Å². The second kappa shape index (κ2) is 9.00. The van der Waals surface area contributed by atoms with Crippen LogP contribution < -0.4 is 10.1 Å². The van der Waals surface area contributed by atoms with E-state index in [0.29, 0.717) is 16.3 Å². The second-order valence-corrected chi connectivity index (χ2v) is 6.51. The van der Waals surface area contributed by atoms with Gasteiger partial charge in [-0.2, -0.15) is 0 Å². The molecule has 0 saturated heterocycles. The minimum Gasteiger partial charge on any atom is -0.482 e. The average Bonchev–Trinajstić information content (AvgIpc) is 2.92. The van der Waals surface area contributed by atoms with E-state index in [9.17, 15) is 14.4 Å². The molecule has 2 rings (SSSR count). The Balaban J connectivity index is 1.86. The van der Waals surface area contributed by atoms with Crippen LogP contribution in [0.1, 0.15) is 20.8 Å². The summed E-state index contributed by atoms with van der Waals surface area (Å²) in [5.74, 6) is -1.23. The zero-order chi connectivity index (χ0) is 19.1. The van der Waals surface area contributed by atoms with Gasteiger partial charge in [0.05, 0.1) is 12.7 Å². The highest BCUT2D eigenvalue weighted by Crippen LogP contribution is 2.32. The number of ether oxygens (including phenoxy) is 3. The molecule has 0 atom stereocenters. The first kappa shape index (κ1) is 19.5. The van der Waals surface area contributed by atoms with Gasteiger partial charge < -0.3 is 19.5 Å². The molecule has 0 unspecified atom stereocenters. The van der Waals surface area contributed by atoms with Crippen LogP contribution >= 0.6 is 11.3 Å². The van der Waals surface area contributed by atoms with E-state index in [1.165, 1.54) is 18.4 Å². The number of aryl methyl sites for hydroxylation is 1. The zero-order valence-corrected chi connectivity index (χ0v) is 15.5. The Kier molecular flexibility index (Phi) is 6.74. The summed E-state index contributed by atoms with van der Waals surface area (Å²) < 4.78 is 14.9. The van der Waals surface area contributed by atoms with Gasteiger partial charge in [0.15, 0.2) is 13.2 Å². The molecule has 138 valence electrons. The molecule has 8 heteroatoms. The molecule has 0 bridgehead atoms. The molecule has 26 heavy (non-hydrogen) atoms. The first-order valence-corrected chi connectivity index (χ1v) is 8.55. The van der Waals surface area contributed by atoms with E-state index in [4.69, 9.17) is 14.2 Å². The van der Waals surface area contributed by atoms with Crippen molar-refractivity contribution >= 4 is 34.2 Å². The predicted molar refractivity (Wildman–Crippen MR) is 96.7 cm³/mol. The van der Waals surface area contributed by atoms with Crippen molar-refractivity contribution in [1.82, 2.24) is 0 Å². The first-order chi connectivity index (χ1) is 12.4. The van der Waals surface area contributed by atoms with Crippen molar-refractivity contribution in [3.8, 4) is 5.75 Å². The summed E-state index contributed by atoms with van der Waals surface area (Å²) in [6.07, 6.45) is 0. The van der Waals surface area contributed by atoms with E-state index < -0.39 is 24.5 Å². The topological polar surface area (TPSA) is 90.9 Å². The molecule has 0 fully saturated rings. The van der Waals surface area contributed by atoms with Gasteiger partial charge in [0, 0.05) is 4.88 Å². The SMILES string of the molecule is COC(=O)c1c(NC(=O)COC(=O)COc2ccccc2)sc(C)c1C. The maximum atomic E-state index is 12.0. The number of hydrogen-bond donors (Lipinski definition) is 1. The number of para-hydroxylation sites is 1. The van der Waals surface area contributed by atoms with Gasteiger partial charge in [-0.1, -0.05) is 18.2 Å². The van der Waals surface area contributed by atoms with Gasteiger partial charge in [0.1, 0.15) is 10.8 Å². The Bertz CT molecular complexity index is 800. The van der Waals surface area contributed by atoms with Crippen molar-refractivity contribution < 1.29 is 28.6 Å². The Morgan fingerprint density at radius 1 is 1.08 bits per heavy atom. The van der Waals surface area contributed by atoms with Crippen molar-refractivity contribution in [2.75, 3.05) is 25.6 Å². The summed E-state index contributed by atoms with van der Waals surface area (Å²) in [6.45, 7) is 2.83. The smallest absolute Gasteiger partial charge is 0.344 e. The highest BCUT2D eigenvalue weighted by molar-refractivity contribution is 7.16. The number of anilines is 1. The summed E-state index contributed by atoms with van der Waals surface area (Å²) in [5, 5.41) is 2.95. The Morgan fingerprint density at radius 3 is 2.42 bits per heavy atom. The minimum atomic E-state index is -0.671. The van der Waals surface area contributed by atoms with Crippen LogP contribution in [0.5, 0.6) is 5.75 Å². The Labute approximate surface area is 154 Å². The fourth-order valence-corrected chi connectivity index (χ4v) is 3.14. The molecule has 1 amide bonds. The quantitative estimate of drug-likeness (QED) is 0.746. The number of rotatable bonds is 7. The number of carbonyl (C=O) groups excluding carboxylic acids is 3. The molecular weight excluding hydrogens is 358 g/mol. The molecule has 1 heterocycles. The fraction of sp³-hybridized carbons (Fsp3) is 0.278. The van der Waals surface area contributed by atoms with Crippen LogP contribution in [0.2, 0.25) is 0 Å². The Morgan fingerprint density at radius 2 is 1.77 bits per heavy atom. The summed E-state index contributed by atoms with van der Waals surface area (Å²) >= 11 is 1.26. The van der Waals surface area contributed by atoms with E-state index in [2.05, 4.69) is 5.32 Å². The summed E-state index contributed by atoms with van der Waals surface area (Å²) in [7, 11) is 1.27. The van der Waals surface area contributed by atoms with Crippen molar-refractivity contribution in [3.63, 3.8) is 0 Å². The molecule has 1 N–H and O–H groups in total. The zero-order valence-electron chi connectivity index (χ0n) is 14.7. The largest absolute Gasteiger partial charge is 0.482 e. The van der Waals surface area contributed by atoms with E-state index >= 15 is 0 Å². The molecule has 0 aliphatic carbocycles. The van der Waals surface area contributed by atoms with Crippen molar-refractivity contribution in [1.29, 1.82) is 0 Å². The predicted octanol–water partition coefficient (Wildman–Crippen LogP) is 2.71. The highest BCUT2D eigenvalue weighted by atomic mass is 32.1. The lowest BCUT2D eigenvalue weighted by atomic mass is 10.1. The van der Waals surface area contributed by atoms with Crippen molar-refractivity contribution in [2.45, 2.75) is 13.8 Å². The standard InChI is InChI=1S/C18H19NO6S/c1-11-12(2)26-17(16(11)18(22)23-3)19-14(20)9-25-15(21)10-24-13-7-5-4-6-8-13/h4-8H,9-10H2,1-3H3,(H,19,20). The van der Waals surface area contributed by atoms with E-state index in [1.807, 2.05) is 13.0 Å². The maximum absolute atomic E-state index is 12.0.